The molecule has 1 aliphatic heterocycles. The molecule has 0 N–H and O–H groups in total. The van der Waals surface area contributed by atoms with Crippen LogP contribution >= 0.6 is 0 Å². The van der Waals surface area contributed by atoms with Crippen LogP contribution in [0, 0.1) is 5.92 Å². The van der Waals surface area contributed by atoms with Crippen molar-refractivity contribution >= 4 is 5.97 Å². The van der Waals surface area contributed by atoms with E-state index in [4.69, 9.17) is 4.74 Å². The van der Waals surface area contributed by atoms with E-state index >= 15 is 0 Å². The van der Waals surface area contributed by atoms with Crippen molar-refractivity contribution in [2.75, 3.05) is 26.2 Å². The van der Waals surface area contributed by atoms with E-state index in [-0.39, 0.29) is 5.97 Å². The van der Waals surface area contributed by atoms with E-state index in [0.29, 0.717) is 6.61 Å². The van der Waals surface area contributed by atoms with Crippen LogP contribution in [0.2, 0.25) is 0 Å². The average Bonchev–Trinajstić information content (AvgIpc) is 2.35. The van der Waals surface area contributed by atoms with Crippen LogP contribution in [0.4, 0.5) is 0 Å². The number of likely N-dealkylation sites (tertiary alicyclic amines) is 1. The van der Waals surface area contributed by atoms with Crippen LogP contribution in [-0.4, -0.2) is 37.1 Å². The highest BCUT2D eigenvalue weighted by Crippen LogP contribution is 2.13. The molecule has 0 aromatic carbocycles. The van der Waals surface area contributed by atoms with Crippen molar-refractivity contribution in [1.82, 2.24) is 4.90 Å². The topological polar surface area (TPSA) is 29.5 Å². The SMILES string of the molecule is CC(=O)OCCN1CCC(C)C1. The molecule has 0 aromatic rings. The predicted molar refractivity (Wildman–Crippen MR) is 46.9 cm³/mol. The van der Waals surface area contributed by atoms with Gasteiger partial charge in [0, 0.05) is 20.0 Å². The van der Waals surface area contributed by atoms with Gasteiger partial charge in [0.1, 0.15) is 6.61 Å². The minimum atomic E-state index is -0.178. The van der Waals surface area contributed by atoms with Gasteiger partial charge in [0.15, 0.2) is 0 Å². The fourth-order valence-electron chi connectivity index (χ4n) is 1.55. The summed E-state index contributed by atoms with van der Waals surface area (Å²) < 4.78 is 4.86. The highest BCUT2D eigenvalue weighted by molar-refractivity contribution is 5.65. The highest BCUT2D eigenvalue weighted by Gasteiger charge is 2.17. The van der Waals surface area contributed by atoms with Gasteiger partial charge in [0.2, 0.25) is 0 Å². The molecular weight excluding hydrogens is 154 g/mol. The van der Waals surface area contributed by atoms with Crippen LogP contribution in [-0.2, 0) is 9.53 Å². The zero-order valence-corrected chi connectivity index (χ0v) is 7.88. The minimum Gasteiger partial charge on any atom is -0.465 e. The molecule has 0 saturated carbocycles. The molecule has 1 aliphatic rings. The number of carbonyl (C=O) groups is 1. The van der Waals surface area contributed by atoms with Crippen LogP contribution in [0.15, 0.2) is 0 Å². The Morgan fingerprint density at radius 2 is 2.42 bits per heavy atom. The summed E-state index contributed by atoms with van der Waals surface area (Å²) in [7, 11) is 0. The Bertz CT molecular complexity index is 159. The monoisotopic (exact) mass is 171 g/mol. The van der Waals surface area contributed by atoms with E-state index in [0.717, 1.165) is 25.6 Å². The van der Waals surface area contributed by atoms with Crippen LogP contribution in [0.3, 0.4) is 0 Å². The van der Waals surface area contributed by atoms with E-state index in [9.17, 15) is 4.79 Å². The second-order valence-electron chi connectivity index (χ2n) is 3.53. The molecule has 3 nitrogen and oxygen atoms in total. The first-order valence-electron chi connectivity index (χ1n) is 4.54. The molecule has 0 aromatic heterocycles. The molecule has 1 unspecified atom stereocenters. The van der Waals surface area contributed by atoms with E-state index < -0.39 is 0 Å². The normalized spacial score (nSPS) is 24.3. The van der Waals surface area contributed by atoms with Gasteiger partial charge in [-0.25, -0.2) is 0 Å². The molecule has 1 saturated heterocycles. The van der Waals surface area contributed by atoms with Gasteiger partial charge < -0.3 is 4.74 Å². The Morgan fingerprint density at radius 3 is 2.92 bits per heavy atom. The second kappa shape index (κ2) is 4.45. The summed E-state index contributed by atoms with van der Waals surface area (Å²) in [6.07, 6.45) is 1.28. The van der Waals surface area contributed by atoms with Crippen molar-refractivity contribution in [3.8, 4) is 0 Å². The predicted octanol–water partition coefficient (Wildman–Crippen LogP) is 0.891. The minimum absolute atomic E-state index is 0.178. The van der Waals surface area contributed by atoms with Gasteiger partial charge in [-0.3, -0.25) is 9.69 Å². The molecule has 1 rings (SSSR count). The summed E-state index contributed by atoms with van der Waals surface area (Å²) >= 11 is 0. The van der Waals surface area contributed by atoms with E-state index in [2.05, 4.69) is 11.8 Å². The fraction of sp³-hybridized carbons (Fsp3) is 0.889. The Balaban J connectivity index is 2.04. The quantitative estimate of drug-likeness (QED) is 0.591. The summed E-state index contributed by atoms with van der Waals surface area (Å²) in [5.41, 5.74) is 0. The zero-order chi connectivity index (χ0) is 8.97. The first-order chi connectivity index (χ1) is 5.68. The number of esters is 1. The number of nitrogens with zero attached hydrogens (tertiary/aromatic N) is 1. The number of ether oxygens (including phenoxy) is 1. The number of hydrogen-bond acceptors (Lipinski definition) is 3. The fourth-order valence-corrected chi connectivity index (χ4v) is 1.55. The van der Waals surface area contributed by atoms with Crippen LogP contribution < -0.4 is 0 Å². The number of carbonyl (C=O) groups excluding carboxylic acids is 1. The Morgan fingerprint density at radius 1 is 1.67 bits per heavy atom. The summed E-state index contributed by atoms with van der Waals surface area (Å²) in [4.78, 5) is 12.8. The first-order valence-corrected chi connectivity index (χ1v) is 4.54. The standard InChI is InChI=1S/C9H17NO2/c1-8-3-4-10(7-8)5-6-12-9(2)11/h8H,3-7H2,1-2H3. The highest BCUT2D eigenvalue weighted by atomic mass is 16.5. The lowest BCUT2D eigenvalue weighted by atomic mass is 10.2. The molecule has 1 atom stereocenters. The van der Waals surface area contributed by atoms with Crippen molar-refractivity contribution in [3.05, 3.63) is 0 Å². The second-order valence-corrected chi connectivity index (χ2v) is 3.53. The van der Waals surface area contributed by atoms with Crippen molar-refractivity contribution in [2.45, 2.75) is 20.3 Å². The summed E-state index contributed by atoms with van der Waals surface area (Å²) in [6.45, 7) is 7.45. The molecule has 0 radical (unpaired) electrons. The molecule has 1 fully saturated rings. The Kier molecular flexibility index (Phi) is 3.53. The van der Waals surface area contributed by atoms with Crippen molar-refractivity contribution in [1.29, 1.82) is 0 Å². The van der Waals surface area contributed by atoms with Gasteiger partial charge in [-0.05, 0) is 18.9 Å². The maximum absolute atomic E-state index is 10.4. The number of rotatable bonds is 3. The third-order valence-corrected chi connectivity index (χ3v) is 2.22. The largest absolute Gasteiger partial charge is 0.465 e. The van der Waals surface area contributed by atoms with Crippen molar-refractivity contribution in [3.63, 3.8) is 0 Å². The van der Waals surface area contributed by atoms with Gasteiger partial charge >= 0.3 is 5.97 Å². The molecular formula is C9H17NO2. The molecule has 0 aliphatic carbocycles. The van der Waals surface area contributed by atoms with Gasteiger partial charge in [0.05, 0.1) is 0 Å². The molecule has 3 heteroatoms. The lowest BCUT2D eigenvalue weighted by Crippen LogP contribution is -2.25. The summed E-state index contributed by atoms with van der Waals surface area (Å²) in [5.74, 6) is 0.629. The van der Waals surface area contributed by atoms with Crippen LogP contribution in [0.25, 0.3) is 0 Å². The molecule has 0 bridgehead atoms. The third-order valence-electron chi connectivity index (χ3n) is 2.22. The van der Waals surface area contributed by atoms with Crippen LogP contribution in [0.1, 0.15) is 20.3 Å². The molecule has 0 spiro atoms. The smallest absolute Gasteiger partial charge is 0.302 e. The van der Waals surface area contributed by atoms with E-state index in [1.165, 1.54) is 13.3 Å². The Labute approximate surface area is 73.7 Å². The van der Waals surface area contributed by atoms with Crippen LogP contribution in [0.5, 0.6) is 0 Å². The lowest BCUT2D eigenvalue weighted by Gasteiger charge is -2.14. The molecule has 70 valence electrons. The van der Waals surface area contributed by atoms with Crippen molar-refractivity contribution < 1.29 is 9.53 Å². The molecule has 0 amide bonds. The average molecular weight is 171 g/mol. The molecule has 12 heavy (non-hydrogen) atoms. The van der Waals surface area contributed by atoms with Gasteiger partial charge in [-0.1, -0.05) is 6.92 Å². The lowest BCUT2D eigenvalue weighted by molar-refractivity contribution is -0.141. The van der Waals surface area contributed by atoms with E-state index in [1.807, 2.05) is 0 Å². The summed E-state index contributed by atoms with van der Waals surface area (Å²) in [5, 5.41) is 0. The summed E-state index contributed by atoms with van der Waals surface area (Å²) in [6, 6.07) is 0. The number of hydrogen-bond donors (Lipinski definition) is 0. The van der Waals surface area contributed by atoms with Gasteiger partial charge in [-0.2, -0.15) is 0 Å². The van der Waals surface area contributed by atoms with Gasteiger partial charge in [0.25, 0.3) is 0 Å². The first kappa shape index (κ1) is 9.52. The van der Waals surface area contributed by atoms with Crippen molar-refractivity contribution in [2.24, 2.45) is 5.92 Å². The maximum atomic E-state index is 10.4. The maximum Gasteiger partial charge on any atom is 0.302 e. The zero-order valence-electron chi connectivity index (χ0n) is 7.88. The third kappa shape index (κ3) is 3.22. The van der Waals surface area contributed by atoms with Gasteiger partial charge in [-0.15, -0.1) is 0 Å². The Hall–Kier alpha value is -0.570. The van der Waals surface area contributed by atoms with E-state index in [1.54, 1.807) is 0 Å². The molecule has 1 heterocycles.